The minimum atomic E-state index is -1.13. The van der Waals surface area contributed by atoms with E-state index < -0.39 is 5.97 Å². The average molecular weight is 413 g/mol. The number of anilines is 1. The van der Waals surface area contributed by atoms with Crippen LogP contribution < -0.4 is 10.4 Å². The summed E-state index contributed by atoms with van der Waals surface area (Å²) in [6.45, 7) is 0. The predicted molar refractivity (Wildman–Crippen MR) is 120 cm³/mol. The number of carboxylic acids is 1. The minimum Gasteiger partial charge on any atom is -0.545 e. The monoisotopic (exact) mass is 412 g/mol. The van der Waals surface area contributed by atoms with E-state index in [1.54, 1.807) is 12.1 Å². The molecule has 30 heavy (non-hydrogen) atoms. The van der Waals surface area contributed by atoms with Crippen molar-refractivity contribution >= 4 is 23.4 Å². The van der Waals surface area contributed by atoms with Crippen LogP contribution in [0.25, 0.3) is 0 Å². The number of fused-ring (bicyclic) bond motifs is 3. The molecule has 1 heterocycles. The number of allylic oxidation sites excluding steroid dienone is 2. The number of benzene rings is 3. The summed E-state index contributed by atoms with van der Waals surface area (Å²) >= 11 is 1.86. The van der Waals surface area contributed by atoms with Crippen LogP contribution >= 0.6 is 11.8 Å². The number of nitrogens with one attached hydrogen (secondary N) is 1. The van der Waals surface area contributed by atoms with Gasteiger partial charge in [0.15, 0.2) is 0 Å². The second kappa shape index (κ2) is 8.04. The highest BCUT2D eigenvalue weighted by molar-refractivity contribution is 7.98. The first-order valence-electron chi connectivity index (χ1n) is 10.2. The SMILES string of the molecule is O=C([O-])c1ccc([C@@H]2Nc3ccc(CSc4ccccc4)cc3[C@@H]3C=CC[C@H]32)cc1. The zero-order valence-corrected chi connectivity index (χ0v) is 17.3. The van der Waals surface area contributed by atoms with Crippen molar-refractivity contribution in [2.75, 3.05) is 5.32 Å². The Balaban J connectivity index is 1.40. The Kier molecular flexibility index (Phi) is 5.09. The minimum absolute atomic E-state index is 0.165. The maximum Gasteiger partial charge on any atom is 0.0715 e. The highest BCUT2D eigenvalue weighted by Crippen LogP contribution is 2.50. The molecule has 0 aromatic heterocycles. The van der Waals surface area contributed by atoms with Gasteiger partial charge in [-0.1, -0.05) is 66.7 Å². The Morgan fingerprint density at radius 1 is 1.03 bits per heavy atom. The van der Waals surface area contributed by atoms with Crippen molar-refractivity contribution in [1.29, 1.82) is 0 Å². The quantitative estimate of drug-likeness (QED) is 0.464. The maximum absolute atomic E-state index is 11.1. The van der Waals surface area contributed by atoms with E-state index in [-0.39, 0.29) is 11.6 Å². The number of aromatic carboxylic acids is 1. The fourth-order valence-electron chi connectivity index (χ4n) is 4.57. The van der Waals surface area contributed by atoms with Gasteiger partial charge in [0.25, 0.3) is 0 Å². The molecule has 3 nitrogen and oxygen atoms in total. The van der Waals surface area contributed by atoms with Crippen LogP contribution in [0.5, 0.6) is 0 Å². The van der Waals surface area contributed by atoms with Crippen LogP contribution in [0.2, 0.25) is 0 Å². The lowest BCUT2D eigenvalue weighted by atomic mass is 9.76. The number of hydrogen-bond acceptors (Lipinski definition) is 4. The number of rotatable bonds is 5. The standard InChI is InChI=1S/C26H23NO2S/c28-26(29)19-12-10-18(11-13-19)25-22-8-4-7-21(22)23-15-17(9-14-24(23)27-25)16-30-20-5-2-1-3-6-20/h1-7,9-15,21-22,25,27H,8,16H2,(H,28,29)/p-1/t21-,22-,25+/m1/s1. The lowest BCUT2D eigenvalue weighted by Crippen LogP contribution is -2.29. The third kappa shape index (κ3) is 3.63. The van der Waals surface area contributed by atoms with Crippen molar-refractivity contribution in [3.8, 4) is 0 Å². The molecule has 0 unspecified atom stereocenters. The molecule has 1 aliphatic carbocycles. The first-order chi connectivity index (χ1) is 14.7. The van der Waals surface area contributed by atoms with E-state index in [0.717, 1.165) is 17.7 Å². The van der Waals surface area contributed by atoms with Gasteiger partial charge in [0.05, 0.1) is 12.0 Å². The van der Waals surface area contributed by atoms with Gasteiger partial charge in [-0.15, -0.1) is 11.8 Å². The van der Waals surface area contributed by atoms with Gasteiger partial charge >= 0.3 is 0 Å². The molecule has 0 spiro atoms. The first-order valence-corrected chi connectivity index (χ1v) is 11.2. The molecule has 0 saturated carbocycles. The number of carbonyl (C=O) groups is 1. The fraction of sp³-hybridized carbons (Fsp3) is 0.192. The van der Waals surface area contributed by atoms with Crippen molar-refractivity contribution in [2.24, 2.45) is 5.92 Å². The third-order valence-electron chi connectivity index (χ3n) is 6.08. The zero-order valence-electron chi connectivity index (χ0n) is 16.5. The van der Waals surface area contributed by atoms with Gasteiger partial charge in [-0.2, -0.15) is 0 Å². The topological polar surface area (TPSA) is 52.2 Å². The highest BCUT2D eigenvalue weighted by Gasteiger charge is 2.37. The Labute approximate surface area is 180 Å². The van der Waals surface area contributed by atoms with Gasteiger partial charge in [-0.3, -0.25) is 0 Å². The molecular weight excluding hydrogens is 390 g/mol. The molecule has 3 aromatic rings. The summed E-state index contributed by atoms with van der Waals surface area (Å²) in [6.07, 6.45) is 5.63. The summed E-state index contributed by atoms with van der Waals surface area (Å²) in [5.41, 5.74) is 5.21. The van der Waals surface area contributed by atoms with Gasteiger partial charge in [0.1, 0.15) is 0 Å². The van der Waals surface area contributed by atoms with Crippen LogP contribution in [-0.4, -0.2) is 5.97 Å². The smallest absolute Gasteiger partial charge is 0.0715 e. The summed E-state index contributed by atoms with van der Waals surface area (Å²) in [7, 11) is 0. The van der Waals surface area contributed by atoms with Gasteiger partial charge in [-0.25, -0.2) is 0 Å². The van der Waals surface area contributed by atoms with Crippen LogP contribution in [-0.2, 0) is 5.75 Å². The Bertz CT molecular complexity index is 1090. The lowest BCUT2D eigenvalue weighted by molar-refractivity contribution is -0.255. The molecule has 0 saturated heterocycles. The summed E-state index contributed by atoms with van der Waals surface area (Å²) in [6, 6.07) is 24.5. The summed E-state index contributed by atoms with van der Waals surface area (Å²) in [4.78, 5) is 12.4. The number of hydrogen-bond donors (Lipinski definition) is 1. The second-order valence-corrected chi connectivity index (χ2v) is 8.96. The Hall–Kier alpha value is -2.98. The highest BCUT2D eigenvalue weighted by atomic mass is 32.2. The molecule has 5 rings (SSSR count). The van der Waals surface area contributed by atoms with Crippen LogP contribution in [0.4, 0.5) is 5.69 Å². The molecule has 4 heteroatoms. The maximum atomic E-state index is 11.1. The van der Waals surface area contributed by atoms with Crippen molar-refractivity contribution in [3.63, 3.8) is 0 Å². The van der Waals surface area contributed by atoms with Crippen molar-refractivity contribution in [3.05, 3.63) is 107 Å². The van der Waals surface area contributed by atoms with Gasteiger partial charge in [-0.05, 0) is 52.8 Å². The molecule has 0 radical (unpaired) electrons. The molecule has 2 aliphatic rings. The molecule has 0 amide bonds. The van der Waals surface area contributed by atoms with E-state index in [4.69, 9.17) is 0 Å². The number of carbonyl (C=O) groups excluding carboxylic acids is 1. The number of carboxylic acid groups (broad SMARTS) is 1. The molecule has 150 valence electrons. The average Bonchev–Trinajstić information content (AvgIpc) is 3.28. The lowest BCUT2D eigenvalue weighted by Gasteiger charge is -2.38. The van der Waals surface area contributed by atoms with Crippen LogP contribution in [0.1, 0.15) is 45.4 Å². The first kappa shape index (κ1) is 19.0. The zero-order chi connectivity index (χ0) is 20.5. The third-order valence-corrected chi connectivity index (χ3v) is 7.16. The molecule has 1 N–H and O–H groups in total. The van der Waals surface area contributed by atoms with E-state index >= 15 is 0 Å². The summed E-state index contributed by atoms with van der Waals surface area (Å²) < 4.78 is 0. The van der Waals surface area contributed by atoms with Crippen LogP contribution in [0, 0.1) is 5.92 Å². The molecule has 3 atom stereocenters. The van der Waals surface area contributed by atoms with E-state index in [1.807, 2.05) is 30.0 Å². The fourth-order valence-corrected chi connectivity index (χ4v) is 5.44. The van der Waals surface area contributed by atoms with E-state index in [1.165, 1.54) is 21.7 Å². The second-order valence-electron chi connectivity index (χ2n) is 7.91. The van der Waals surface area contributed by atoms with Crippen molar-refractivity contribution in [1.82, 2.24) is 0 Å². The number of thioether (sulfide) groups is 1. The van der Waals surface area contributed by atoms with E-state index in [0.29, 0.717) is 11.8 Å². The molecule has 0 fully saturated rings. The summed E-state index contributed by atoms with van der Waals surface area (Å²) in [5, 5.41) is 14.8. The summed E-state index contributed by atoms with van der Waals surface area (Å²) in [5.74, 6) is 0.633. The van der Waals surface area contributed by atoms with Crippen LogP contribution in [0.15, 0.2) is 89.8 Å². The largest absolute Gasteiger partial charge is 0.545 e. The van der Waals surface area contributed by atoms with Crippen LogP contribution in [0.3, 0.4) is 0 Å². The van der Waals surface area contributed by atoms with E-state index in [2.05, 4.69) is 59.9 Å². The Morgan fingerprint density at radius 3 is 2.60 bits per heavy atom. The van der Waals surface area contributed by atoms with Gasteiger partial charge in [0, 0.05) is 22.3 Å². The molecular formula is C26H22NO2S-. The Morgan fingerprint density at radius 2 is 1.83 bits per heavy atom. The van der Waals surface area contributed by atoms with Crippen molar-refractivity contribution < 1.29 is 9.90 Å². The molecule has 3 aromatic carbocycles. The normalized spacial score (nSPS) is 21.5. The molecule has 0 bridgehead atoms. The van der Waals surface area contributed by atoms with Gasteiger partial charge in [0.2, 0.25) is 0 Å². The molecule has 1 aliphatic heterocycles. The van der Waals surface area contributed by atoms with Crippen molar-refractivity contribution in [2.45, 2.75) is 29.0 Å². The predicted octanol–water partition coefficient (Wildman–Crippen LogP) is 5.17. The van der Waals surface area contributed by atoms with E-state index in [9.17, 15) is 9.90 Å². The van der Waals surface area contributed by atoms with Gasteiger partial charge < -0.3 is 15.2 Å².